The number of methoxy groups -OCH3 is 1. The van der Waals surface area contributed by atoms with E-state index in [1.807, 2.05) is 6.07 Å². The Balaban J connectivity index is 1.91. The van der Waals surface area contributed by atoms with Crippen LogP contribution < -0.4 is 10.6 Å². The Kier molecular flexibility index (Phi) is 5.15. The number of pyridine rings is 1. The molecule has 1 aliphatic carbocycles. The van der Waals surface area contributed by atoms with Crippen molar-refractivity contribution < 1.29 is 9.53 Å². The molecule has 5 heteroatoms. The highest BCUT2D eigenvalue weighted by molar-refractivity contribution is 5.94. The highest BCUT2D eigenvalue weighted by Gasteiger charge is 2.15. The molecule has 5 nitrogen and oxygen atoms in total. The fourth-order valence-electron chi connectivity index (χ4n) is 2.32. The van der Waals surface area contributed by atoms with Crippen LogP contribution in [0.4, 0.5) is 5.69 Å². The lowest BCUT2D eigenvalue weighted by Crippen LogP contribution is -2.27. The Labute approximate surface area is 113 Å². The van der Waals surface area contributed by atoms with Crippen LogP contribution in [-0.2, 0) is 4.74 Å². The Morgan fingerprint density at radius 1 is 1.42 bits per heavy atom. The van der Waals surface area contributed by atoms with Crippen molar-refractivity contribution >= 4 is 11.6 Å². The quantitative estimate of drug-likeness (QED) is 0.768. The van der Waals surface area contributed by atoms with Crippen molar-refractivity contribution in [3.8, 4) is 0 Å². The summed E-state index contributed by atoms with van der Waals surface area (Å²) in [5, 5.41) is 6.23. The van der Waals surface area contributed by atoms with E-state index < -0.39 is 0 Å². The summed E-state index contributed by atoms with van der Waals surface area (Å²) in [5.74, 6) is -0.111. The highest BCUT2D eigenvalue weighted by atomic mass is 16.5. The molecule has 0 saturated heterocycles. The number of hydrogen-bond acceptors (Lipinski definition) is 4. The topological polar surface area (TPSA) is 63.2 Å². The van der Waals surface area contributed by atoms with Gasteiger partial charge in [-0.1, -0.05) is 12.8 Å². The van der Waals surface area contributed by atoms with Gasteiger partial charge in [-0.2, -0.15) is 0 Å². The minimum absolute atomic E-state index is 0.111. The normalized spacial score (nSPS) is 15.4. The molecule has 1 saturated carbocycles. The van der Waals surface area contributed by atoms with Crippen LogP contribution in [0.25, 0.3) is 0 Å². The Hall–Kier alpha value is -1.62. The molecule has 1 heterocycles. The number of nitrogens with zero attached hydrogens (tertiary/aromatic N) is 1. The maximum absolute atomic E-state index is 11.9. The molecule has 1 fully saturated rings. The summed E-state index contributed by atoms with van der Waals surface area (Å²) in [6.45, 7) is 1.02. The smallest absolute Gasteiger partial charge is 0.253 e. The minimum Gasteiger partial charge on any atom is -0.383 e. The highest BCUT2D eigenvalue weighted by Crippen LogP contribution is 2.22. The van der Waals surface area contributed by atoms with Crippen LogP contribution in [0.1, 0.15) is 36.0 Å². The van der Waals surface area contributed by atoms with Crippen molar-refractivity contribution in [3.63, 3.8) is 0 Å². The molecule has 0 bridgehead atoms. The summed E-state index contributed by atoms with van der Waals surface area (Å²) in [5.41, 5.74) is 1.50. The maximum Gasteiger partial charge on any atom is 0.253 e. The van der Waals surface area contributed by atoms with Gasteiger partial charge in [0.15, 0.2) is 0 Å². The van der Waals surface area contributed by atoms with Crippen molar-refractivity contribution in [2.24, 2.45) is 0 Å². The van der Waals surface area contributed by atoms with E-state index >= 15 is 0 Å². The number of rotatable bonds is 6. The summed E-state index contributed by atoms with van der Waals surface area (Å²) in [6.07, 6.45) is 8.31. The predicted octanol–water partition coefficient (Wildman–Crippen LogP) is 1.81. The Bertz CT molecular complexity index is 417. The van der Waals surface area contributed by atoms with Gasteiger partial charge in [-0.3, -0.25) is 9.78 Å². The van der Waals surface area contributed by atoms with Crippen molar-refractivity contribution in [1.82, 2.24) is 10.3 Å². The van der Waals surface area contributed by atoms with Crippen molar-refractivity contribution in [2.45, 2.75) is 31.7 Å². The van der Waals surface area contributed by atoms with Crippen LogP contribution >= 0.6 is 0 Å². The first-order valence-corrected chi connectivity index (χ1v) is 6.78. The molecule has 1 aromatic rings. The summed E-state index contributed by atoms with van der Waals surface area (Å²) < 4.78 is 4.90. The number of carbonyl (C=O) groups excluding carboxylic acids is 1. The lowest BCUT2D eigenvalue weighted by atomic mass is 10.2. The molecule has 0 spiro atoms. The van der Waals surface area contributed by atoms with Gasteiger partial charge in [0.1, 0.15) is 0 Å². The van der Waals surface area contributed by atoms with Crippen molar-refractivity contribution in [1.29, 1.82) is 0 Å². The fraction of sp³-hybridized carbons (Fsp3) is 0.571. The zero-order chi connectivity index (χ0) is 13.5. The van der Waals surface area contributed by atoms with E-state index in [1.54, 1.807) is 19.5 Å². The first kappa shape index (κ1) is 13.8. The molecular weight excluding hydrogens is 242 g/mol. The number of anilines is 1. The third-order valence-electron chi connectivity index (χ3n) is 3.32. The number of amides is 1. The lowest BCUT2D eigenvalue weighted by Gasteiger charge is -2.13. The number of ether oxygens (including phenoxy) is 1. The van der Waals surface area contributed by atoms with E-state index in [2.05, 4.69) is 15.6 Å². The van der Waals surface area contributed by atoms with E-state index in [-0.39, 0.29) is 5.91 Å². The van der Waals surface area contributed by atoms with E-state index in [1.165, 1.54) is 25.7 Å². The van der Waals surface area contributed by atoms with Crippen LogP contribution in [0.15, 0.2) is 18.5 Å². The van der Waals surface area contributed by atoms with Gasteiger partial charge in [-0.05, 0) is 18.9 Å². The van der Waals surface area contributed by atoms with Crippen LogP contribution in [0.3, 0.4) is 0 Å². The lowest BCUT2D eigenvalue weighted by molar-refractivity contribution is 0.0937. The molecule has 0 aromatic carbocycles. The third kappa shape index (κ3) is 4.21. The second-order valence-corrected chi connectivity index (χ2v) is 4.84. The van der Waals surface area contributed by atoms with Gasteiger partial charge >= 0.3 is 0 Å². The third-order valence-corrected chi connectivity index (χ3v) is 3.32. The largest absolute Gasteiger partial charge is 0.383 e. The van der Waals surface area contributed by atoms with E-state index in [4.69, 9.17) is 4.74 Å². The molecule has 0 unspecified atom stereocenters. The first-order valence-electron chi connectivity index (χ1n) is 6.78. The Morgan fingerprint density at radius 2 is 2.21 bits per heavy atom. The SMILES string of the molecule is COCCNC(=O)c1cncc(NC2CCCC2)c1. The monoisotopic (exact) mass is 263 g/mol. The van der Waals surface area contributed by atoms with Gasteiger partial charge in [-0.25, -0.2) is 0 Å². The molecule has 0 atom stereocenters. The van der Waals surface area contributed by atoms with Gasteiger partial charge in [0.2, 0.25) is 0 Å². The maximum atomic E-state index is 11.9. The average Bonchev–Trinajstić information content (AvgIpc) is 2.92. The molecule has 1 aromatic heterocycles. The molecule has 1 aliphatic rings. The van der Waals surface area contributed by atoms with Gasteiger partial charge in [0, 0.05) is 32.1 Å². The van der Waals surface area contributed by atoms with Crippen LogP contribution in [0.5, 0.6) is 0 Å². The van der Waals surface area contributed by atoms with Gasteiger partial charge in [-0.15, -0.1) is 0 Å². The van der Waals surface area contributed by atoms with Gasteiger partial charge < -0.3 is 15.4 Å². The zero-order valence-electron chi connectivity index (χ0n) is 11.3. The van der Waals surface area contributed by atoms with Crippen molar-refractivity contribution in [3.05, 3.63) is 24.0 Å². The average molecular weight is 263 g/mol. The number of carbonyl (C=O) groups is 1. The van der Waals surface area contributed by atoms with Gasteiger partial charge in [0.25, 0.3) is 5.91 Å². The standard InChI is InChI=1S/C14H21N3O2/c1-19-7-6-16-14(18)11-8-13(10-15-9-11)17-12-4-2-3-5-12/h8-10,12,17H,2-7H2,1H3,(H,16,18). The number of aromatic nitrogens is 1. The minimum atomic E-state index is -0.111. The summed E-state index contributed by atoms with van der Waals surface area (Å²) in [4.78, 5) is 16.0. The number of hydrogen-bond donors (Lipinski definition) is 2. The summed E-state index contributed by atoms with van der Waals surface area (Å²) in [7, 11) is 1.61. The van der Waals surface area contributed by atoms with Gasteiger partial charge in [0.05, 0.1) is 17.9 Å². The molecule has 2 N–H and O–H groups in total. The van der Waals surface area contributed by atoms with E-state index in [9.17, 15) is 4.79 Å². The zero-order valence-corrected chi connectivity index (χ0v) is 11.3. The summed E-state index contributed by atoms with van der Waals surface area (Å²) in [6, 6.07) is 2.38. The van der Waals surface area contributed by atoms with E-state index in [0.29, 0.717) is 24.8 Å². The molecule has 2 rings (SSSR count). The molecular formula is C14H21N3O2. The molecule has 104 valence electrons. The number of nitrogens with one attached hydrogen (secondary N) is 2. The fourth-order valence-corrected chi connectivity index (χ4v) is 2.32. The second-order valence-electron chi connectivity index (χ2n) is 4.84. The molecule has 0 radical (unpaired) electrons. The summed E-state index contributed by atoms with van der Waals surface area (Å²) >= 11 is 0. The first-order chi connectivity index (χ1) is 9.29. The molecule has 0 aliphatic heterocycles. The van der Waals surface area contributed by atoms with Crippen LogP contribution in [-0.4, -0.2) is 37.2 Å². The predicted molar refractivity (Wildman–Crippen MR) is 74.3 cm³/mol. The van der Waals surface area contributed by atoms with Crippen molar-refractivity contribution in [2.75, 3.05) is 25.6 Å². The Morgan fingerprint density at radius 3 is 2.95 bits per heavy atom. The molecule has 19 heavy (non-hydrogen) atoms. The van der Waals surface area contributed by atoms with Crippen LogP contribution in [0.2, 0.25) is 0 Å². The molecule has 1 amide bonds. The van der Waals surface area contributed by atoms with Crippen LogP contribution in [0, 0.1) is 0 Å². The van der Waals surface area contributed by atoms with E-state index in [0.717, 1.165) is 5.69 Å². The second kappa shape index (κ2) is 7.09.